The highest BCUT2D eigenvalue weighted by atomic mass is 31.2. The Morgan fingerprint density at radius 2 is 1.67 bits per heavy atom. The standard InChI is InChI=1S/C16H32N5O8P/c1-5-6-10(21-15(26)16(4,19)12(22)8(2)17)13(23)20-11(14(24)25)7-30(27,28)29-9(3)18/h8-11H,5-7,17-19H2,1-4H3,(H,20,23)(H,21,26)(H,24,25)(H,27,28)/t8-,9?,10-,11?,16+/m0/s1. The minimum Gasteiger partial charge on any atom is -0.480 e. The van der Waals surface area contributed by atoms with E-state index in [1.807, 2.05) is 0 Å². The zero-order valence-corrected chi connectivity index (χ0v) is 18.3. The summed E-state index contributed by atoms with van der Waals surface area (Å²) in [5.74, 6) is -4.27. The second-order valence-corrected chi connectivity index (χ2v) is 9.05. The first-order valence-electron chi connectivity index (χ1n) is 9.23. The van der Waals surface area contributed by atoms with Gasteiger partial charge in [-0.3, -0.25) is 23.5 Å². The molecule has 0 fully saturated rings. The van der Waals surface area contributed by atoms with Crippen LogP contribution >= 0.6 is 7.60 Å². The van der Waals surface area contributed by atoms with Gasteiger partial charge in [0.2, 0.25) is 11.8 Å². The molecule has 0 radical (unpaired) electrons. The number of rotatable bonds is 13. The molecular formula is C16H32N5O8P. The third-order valence-electron chi connectivity index (χ3n) is 3.96. The van der Waals surface area contributed by atoms with Crippen molar-refractivity contribution in [2.24, 2.45) is 17.2 Å². The highest BCUT2D eigenvalue weighted by molar-refractivity contribution is 7.52. The van der Waals surface area contributed by atoms with Crippen LogP contribution in [-0.2, 0) is 28.3 Å². The highest BCUT2D eigenvalue weighted by Crippen LogP contribution is 2.43. The maximum atomic E-state index is 12.5. The van der Waals surface area contributed by atoms with E-state index in [2.05, 4.69) is 15.2 Å². The predicted octanol–water partition coefficient (Wildman–Crippen LogP) is -2.02. The van der Waals surface area contributed by atoms with E-state index in [0.29, 0.717) is 6.42 Å². The van der Waals surface area contributed by atoms with Crippen molar-refractivity contribution in [3.8, 4) is 0 Å². The molecule has 174 valence electrons. The number of hydrogen-bond donors (Lipinski definition) is 7. The van der Waals surface area contributed by atoms with Gasteiger partial charge in [0.1, 0.15) is 18.3 Å². The van der Waals surface area contributed by atoms with Crippen molar-refractivity contribution in [3.63, 3.8) is 0 Å². The Labute approximate surface area is 174 Å². The van der Waals surface area contributed by atoms with Crippen LogP contribution in [0.5, 0.6) is 0 Å². The Kier molecular flexibility index (Phi) is 10.8. The van der Waals surface area contributed by atoms with Gasteiger partial charge in [0.25, 0.3) is 0 Å². The van der Waals surface area contributed by atoms with Gasteiger partial charge in [0, 0.05) is 0 Å². The Hall–Kier alpha value is -1.89. The summed E-state index contributed by atoms with van der Waals surface area (Å²) in [5.41, 5.74) is 14.5. The fourth-order valence-electron chi connectivity index (χ4n) is 2.44. The van der Waals surface area contributed by atoms with E-state index in [4.69, 9.17) is 17.2 Å². The van der Waals surface area contributed by atoms with Crippen molar-refractivity contribution in [3.05, 3.63) is 0 Å². The van der Waals surface area contributed by atoms with Gasteiger partial charge in [-0.05, 0) is 27.2 Å². The first kappa shape index (κ1) is 28.1. The molecular weight excluding hydrogens is 421 g/mol. The van der Waals surface area contributed by atoms with Crippen molar-refractivity contribution in [2.45, 2.75) is 70.4 Å². The van der Waals surface area contributed by atoms with Gasteiger partial charge in [-0.25, -0.2) is 4.79 Å². The molecule has 0 aromatic rings. The van der Waals surface area contributed by atoms with Gasteiger partial charge in [-0.1, -0.05) is 13.3 Å². The van der Waals surface area contributed by atoms with Gasteiger partial charge in [-0.15, -0.1) is 0 Å². The molecule has 0 aromatic carbocycles. The van der Waals surface area contributed by atoms with Crippen LogP contribution in [0.4, 0.5) is 0 Å². The van der Waals surface area contributed by atoms with Crippen molar-refractivity contribution in [1.29, 1.82) is 0 Å². The summed E-state index contributed by atoms with van der Waals surface area (Å²) < 4.78 is 16.6. The molecule has 0 saturated heterocycles. The van der Waals surface area contributed by atoms with Crippen LogP contribution in [0.1, 0.15) is 40.5 Å². The molecule has 0 aliphatic carbocycles. The number of nitrogens with two attached hydrogens (primary N) is 3. The fourth-order valence-corrected chi connectivity index (χ4v) is 3.76. The second kappa shape index (κ2) is 11.5. The predicted molar refractivity (Wildman–Crippen MR) is 107 cm³/mol. The van der Waals surface area contributed by atoms with Crippen LogP contribution in [0.25, 0.3) is 0 Å². The van der Waals surface area contributed by atoms with Gasteiger partial charge in [-0.2, -0.15) is 0 Å². The summed E-state index contributed by atoms with van der Waals surface area (Å²) in [5, 5.41) is 13.7. The number of carbonyl (C=O) groups excluding carboxylic acids is 3. The number of Topliss-reactive ketones (excluding diaryl/α,β-unsaturated/α-hetero) is 1. The van der Waals surface area contributed by atoms with E-state index in [9.17, 15) is 33.7 Å². The Morgan fingerprint density at radius 1 is 1.13 bits per heavy atom. The van der Waals surface area contributed by atoms with E-state index in [1.165, 1.54) is 13.8 Å². The summed E-state index contributed by atoms with van der Waals surface area (Å²) in [6.07, 6.45) is -1.59. The van der Waals surface area contributed by atoms with E-state index in [-0.39, 0.29) is 6.42 Å². The molecule has 0 bridgehead atoms. The summed E-state index contributed by atoms with van der Waals surface area (Å²) in [6, 6.07) is -4.07. The van der Waals surface area contributed by atoms with Crippen LogP contribution in [0, 0.1) is 0 Å². The molecule has 30 heavy (non-hydrogen) atoms. The molecule has 0 spiro atoms. The van der Waals surface area contributed by atoms with Crippen LogP contribution in [0.3, 0.4) is 0 Å². The average Bonchev–Trinajstić information content (AvgIpc) is 2.58. The fraction of sp³-hybridized carbons (Fsp3) is 0.750. The lowest BCUT2D eigenvalue weighted by atomic mass is 9.92. The molecule has 2 amide bonds. The van der Waals surface area contributed by atoms with Gasteiger partial charge >= 0.3 is 13.6 Å². The lowest BCUT2D eigenvalue weighted by molar-refractivity contribution is -0.142. The number of carboxylic acids is 1. The third kappa shape index (κ3) is 8.86. The number of carbonyl (C=O) groups is 4. The Balaban J connectivity index is 5.42. The van der Waals surface area contributed by atoms with Gasteiger partial charge in [0.15, 0.2) is 11.3 Å². The number of aliphatic carboxylic acids is 1. The minimum atomic E-state index is -4.43. The van der Waals surface area contributed by atoms with E-state index in [0.717, 1.165) is 6.92 Å². The second-order valence-electron chi connectivity index (χ2n) is 7.20. The van der Waals surface area contributed by atoms with Crippen LogP contribution in [0.2, 0.25) is 0 Å². The van der Waals surface area contributed by atoms with Crippen LogP contribution in [-0.4, -0.2) is 69.6 Å². The van der Waals surface area contributed by atoms with Crippen molar-refractivity contribution in [1.82, 2.24) is 10.6 Å². The van der Waals surface area contributed by atoms with E-state index < -0.39 is 67.2 Å². The van der Waals surface area contributed by atoms with Crippen molar-refractivity contribution in [2.75, 3.05) is 6.16 Å². The molecule has 13 nitrogen and oxygen atoms in total. The number of nitrogens with one attached hydrogen (secondary N) is 2. The van der Waals surface area contributed by atoms with E-state index >= 15 is 0 Å². The molecule has 6 atom stereocenters. The largest absolute Gasteiger partial charge is 0.480 e. The topological polar surface area (TPSA) is 237 Å². The van der Waals surface area contributed by atoms with Gasteiger partial charge in [0.05, 0.1) is 12.2 Å². The minimum absolute atomic E-state index is 0.0828. The Bertz CT molecular complexity index is 697. The molecule has 0 saturated carbocycles. The maximum Gasteiger partial charge on any atom is 0.332 e. The normalized spacial score (nSPS) is 19.3. The van der Waals surface area contributed by atoms with Crippen LogP contribution < -0.4 is 27.8 Å². The van der Waals surface area contributed by atoms with Gasteiger partial charge < -0.3 is 37.8 Å². The molecule has 3 unspecified atom stereocenters. The SMILES string of the molecule is CCC[C@H](NC(=O)[C@](C)(N)C(=O)[C@H](C)N)C(=O)NC(CP(=O)(O)OC(C)N)C(=O)O. The first-order valence-corrected chi connectivity index (χ1v) is 11.0. The molecule has 0 aromatic heterocycles. The summed E-state index contributed by atoms with van der Waals surface area (Å²) in [7, 11) is -4.43. The molecule has 0 heterocycles. The number of hydrogen-bond acceptors (Lipinski definition) is 9. The van der Waals surface area contributed by atoms with Crippen LogP contribution in [0.15, 0.2) is 0 Å². The van der Waals surface area contributed by atoms with Crippen molar-refractivity contribution < 1.29 is 38.3 Å². The third-order valence-corrected chi connectivity index (χ3v) is 5.44. The van der Waals surface area contributed by atoms with Crippen molar-refractivity contribution >= 4 is 31.2 Å². The highest BCUT2D eigenvalue weighted by Gasteiger charge is 2.40. The zero-order chi connectivity index (χ0) is 23.9. The maximum absolute atomic E-state index is 12.5. The number of ketones is 1. The number of amides is 2. The smallest absolute Gasteiger partial charge is 0.332 e. The molecule has 0 aliphatic rings. The Morgan fingerprint density at radius 3 is 2.07 bits per heavy atom. The van der Waals surface area contributed by atoms with E-state index in [1.54, 1.807) is 6.92 Å². The monoisotopic (exact) mass is 453 g/mol. The zero-order valence-electron chi connectivity index (χ0n) is 17.5. The summed E-state index contributed by atoms with van der Waals surface area (Å²) in [4.78, 5) is 58.2. The lowest BCUT2D eigenvalue weighted by Crippen LogP contribution is -2.64. The quantitative estimate of drug-likeness (QED) is 0.0912. The average molecular weight is 453 g/mol. The molecule has 0 rings (SSSR count). The summed E-state index contributed by atoms with van der Waals surface area (Å²) >= 11 is 0. The number of carboxylic acid groups (broad SMARTS) is 1. The molecule has 14 heteroatoms. The summed E-state index contributed by atoms with van der Waals surface area (Å²) in [6.45, 7) is 5.47. The molecule has 10 N–H and O–H groups in total. The first-order chi connectivity index (χ1) is 13.5. The lowest BCUT2D eigenvalue weighted by Gasteiger charge is -2.28. The molecule has 0 aliphatic heterocycles.